The van der Waals surface area contributed by atoms with Crippen molar-refractivity contribution in [2.24, 2.45) is 0 Å². The highest BCUT2D eigenvalue weighted by Gasteiger charge is 2.18. The van der Waals surface area contributed by atoms with E-state index < -0.39 is 0 Å². The molecule has 0 aliphatic heterocycles. The van der Waals surface area contributed by atoms with Crippen LogP contribution in [-0.4, -0.2) is 4.98 Å². The summed E-state index contributed by atoms with van der Waals surface area (Å²) in [5.74, 6) is -0.194. The molecule has 0 N–H and O–H groups in total. The number of pyridine rings is 1. The molecule has 0 atom stereocenters. The summed E-state index contributed by atoms with van der Waals surface area (Å²) in [6, 6.07) is 6.82. The highest BCUT2D eigenvalue weighted by molar-refractivity contribution is 5.82. The van der Waals surface area contributed by atoms with Crippen molar-refractivity contribution in [3.63, 3.8) is 0 Å². The fourth-order valence-electron chi connectivity index (χ4n) is 1.73. The molecule has 0 aliphatic carbocycles. The van der Waals surface area contributed by atoms with Crippen molar-refractivity contribution in [1.82, 2.24) is 4.98 Å². The average Bonchev–Trinajstić information content (AvgIpc) is 2.15. The predicted octanol–water partition coefficient (Wildman–Crippen LogP) is 3.67. The minimum absolute atomic E-state index is 0.0886. The lowest BCUT2D eigenvalue weighted by Gasteiger charge is -2.20. The van der Waals surface area contributed by atoms with E-state index in [4.69, 9.17) is 0 Å². The summed E-state index contributed by atoms with van der Waals surface area (Å²) < 4.78 is 13.4. The monoisotopic (exact) mass is 203 g/mol. The summed E-state index contributed by atoms with van der Waals surface area (Å²) in [6.45, 7) is 6.20. The average molecular weight is 203 g/mol. The van der Waals surface area contributed by atoms with Crippen molar-refractivity contribution in [3.8, 4) is 0 Å². The number of benzene rings is 1. The molecule has 0 saturated heterocycles. The molecule has 0 unspecified atom stereocenters. The van der Waals surface area contributed by atoms with Gasteiger partial charge < -0.3 is 0 Å². The molecule has 0 amide bonds. The Morgan fingerprint density at radius 2 is 1.93 bits per heavy atom. The van der Waals surface area contributed by atoms with Crippen LogP contribution in [0.2, 0.25) is 0 Å². The molecule has 2 rings (SSSR count). The number of hydrogen-bond donors (Lipinski definition) is 0. The Morgan fingerprint density at radius 3 is 2.60 bits per heavy atom. The molecule has 1 heterocycles. The second-order valence-corrected chi connectivity index (χ2v) is 4.78. The van der Waals surface area contributed by atoms with E-state index in [1.807, 2.05) is 12.1 Å². The molecular weight excluding hydrogens is 189 g/mol. The maximum Gasteiger partial charge on any atom is 0.124 e. The molecule has 0 saturated carbocycles. The van der Waals surface area contributed by atoms with E-state index in [0.717, 1.165) is 16.5 Å². The Hall–Kier alpha value is -1.44. The maximum atomic E-state index is 13.4. The Kier molecular flexibility index (Phi) is 2.22. The van der Waals surface area contributed by atoms with Crippen LogP contribution in [0, 0.1) is 5.82 Å². The van der Waals surface area contributed by atoms with Gasteiger partial charge >= 0.3 is 0 Å². The number of hydrogen-bond acceptors (Lipinski definition) is 1. The van der Waals surface area contributed by atoms with Crippen molar-refractivity contribution in [1.29, 1.82) is 0 Å². The smallest absolute Gasteiger partial charge is 0.124 e. The SMILES string of the molecule is CC(C)(C)c1cc(F)cc2cccnc12. The molecule has 0 aliphatic rings. The molecule has 0 radical (unpaired) electrons. The van der Waals surface area contributed by atoms with Gasteiger partial charge in [-0.15, -0.1) is 0 Å². The van der Waals surface area contributed by atoms with Crippen LogP contribution in [0.5, 0.6) is 0 Å². The van der Waals surface area contributed by atoms with Gasteiger partial charge in [-0.05, 0) is 29.2 Å². The molecule has 0 bridgehead atoms. The van der Waals surface area contributed by atoms with Crippen LogP contribution >= 0.6 is 0 Å². The minimum atomic E-state index is -0.194. The van der Waals surface area contributed by atoms with Crippen LogP contribution in [0.1, 0.15) is 26.3 Å². The fraction of sp³-hybridized carbons (Fsp3) is 0.308. The molecule has 78 valence electrons. The van der Waals surface area contributed by atoms with E-state index in [2.05, 4.69) is 25.8 Å². The van der Waals surface area contributed by atoms with Crippen molar-refractivity contribution in [2.75, 3.05) is 0 Å². The summed E-state index contributed by atoms with van der Waals surface area (Å²) in [6.07, 6.45) is 1.75. The van der Waals surface area contributed by atoms with Crippen molar-refractivity contribution in [3.05, 3.63) is 41.8 Å². The number of halogens is 1. The quantitative estimate of drug-likeness (QED) is 0.636. The van der Waals surface area contributed by atoms with Gasteiger partial charge in [-0.3, -0.25) is 4.98 Å². The van der Waals surface area contributed by atoms with E-state index >= 15 is 0 Å². The van der Waals surface area contributed by atoms with Crippen LogP contribution in [0.3, 0.4) is 0 Å². The molecular formula is C13H14FN. The molecule has 0 spiro atoms. The van der Waals surface area contributed by atoms with Gasteiger partial charge in [-0.2, -0.15) is 0 Å². The van der Waals surface area contributed by atoms with E-state index in [1.165, 1.54) is 6.07 Å². The minimum Gasteiger partial charge on any atom is -0.256 e. The van der Waals surface area contributed by atoms with Crippen LogP contribution in [0.25, 0.3) is 10.9 Å². The lowest BCUT2D eigenvalue weighted by Crippen LogP contribution is -2.12. The third-order valence-corrected chi connectivity index (χ3v) is 2.48. The van der Waals surface area contributed by atoms with E-state index in [-0.39, 0.29) is 11.2 Å². The predicted molar refractivity (Wildman–Crippen MR) is 60.4 cm³/mol. The zero-order valence-corrected chi connectivity index (χ0v) is 9.21. The Labute approximate surface area is 89.0 Å². The lowest BCUT2D eigenvalue weighted by atomic mass is 9.85. The first-order valence-electron chi connectivity index (χ1n) is 5.03. The first kappa shape index (κ1) is 10.1. The lowest BCUT2D eigenvalue weighted by molar-refractivity contribution is 0.577. The summed E-state index contributed by atoms with van der Waals surface area (Å²) >= 11 is 0. The number of aromatic nitrogens is 1. The van der Waals surface area contributed by atoms with E-state index in [9.17, 15) is 4.39 Å². The van der Waals surface area contributed by atoms with E-state index in [0.29, 0.717) is 0 Å². The van der Waals surface area contributed by atoms with E-state index in [1.54, 1.807) is 12.3 Å². The summed E-state index contributed by atoms with van der Waals surface area (Å²) in [7, 11) is 0. The second-order valence-electron chi connectivity index (χ2n) is 4.78. The third-order valence-electron chi connectivity index (χ3n) is 2.48. The zero-order valence-electron chi connectivity index (χ0n) is 9.21. The Bertz CT molecular complexity index is 497. The Balaban J connectivity index is 2.83. The molecule has 2 aromatic rings. The fourth-order valence-corrected chi connectivity index (χ4v) is 1.73. The van der Waals surface area contributed by atoms with Crippen LogP contribution in [0.15, 0.2) is 30.5 Å². The van der Waals surface area contributed by atoms with Crippen LogP contribution < -0.4 is 0 Å². The Morgan fingerprint density at radius 1 is 1.20 bits per heavy atom. The highest BCUT2D eigenvalue weighted by atomic mass is 19.1. The summed E-state index contributed by atoms with van der Waals surface area (Å²) in [5.41, 5.74) is 1.76. The molecule has 0 fully saturated rings. The van der Waals surface area contributed by atoms with Gasteiger partial charge in [0.1, 0.15) is 5.82 Å². The van der Waals surface area contributed by atoms with Gasteiger partial charge in [0.2, 0.25) is 0 Å². The first-order chi connectivity index (χ1) is 6.98. The molecule has 15 heavy (non-hydrogen) atoms. The highest BCUT2D eigenvalue weighted by Crippen LogP contribution is 2.29. The molecule has 1 nitrogen and oxygen atoms in total. The molecule has 1 aromatic heterocycles. The van der Waals surface area contributed by atoms with Crippen LogP contribution in [-0.2, 0) is 5.41 Å². The largest absolute Gasteiger partial charge is 0.256 e. The van der Waals surface area contributed by atoms with Gasteiger partial charge in [-0.1, -0.05) is 26.8 Å². The normalized spacial score (nSPS) is 12.0. The van der Waals surface area contributed by atoms with Gasteiger partial charge in [0.25, 0.3) is 0 Å². The van der Waals surface area contributed by atoms with Gasteiger partial charge in [-0.25, -0.2) is 4.39 Å². The topological polar surface area (TPSA) is 12.9 Å². The summed E-state index contributed by atoms with van der Waals surface area (Å²) in [4.78, 5) is 4.32. The summed E-state index contributed by atoms with van der Waals surface area (Å²) in [5, 5.41) is 0.863. The van der Waals surface area contributed by atoms with Crippen molar-refractivity contribution in [2.45, 2.75) is 26.2 Å². The molecule has 1 aromatic carbocycles. The maximum absolute atomic E-state index is 13.4. The first-order valence-corrected chi connectivity index (χ1v) is 5.03. The number of fused-ring (bicyclic) bond motifs is 1. The number of nitrogens with zero attached hydrogens (tertiary/aromatic N) is 1. The van der Waals surface area contributed by atoms with Gasteiger partial charge in [0, 0.05) is 11.6 Å². The standard InChI is InChI=1S/C13H14FN/c1-13(2,3)11-8-10(14)7-9-5-4-6-15-12(9)11/h4-8H,1-3H3. The van der Waals surface area contributed by atoms with Gasteiger partial charge in [0.05, 0.1) is 5.52 Å². The van der Waals surface area contributed by atoms with Gasteiger partial charge in [0.15, 0.2) is 0 Å². The number of rotatable bonds is 0. The van der Waals surface area contributed by atoms with Crippen molar-refractivity contribution < 1.29 is 4.39 Å². The zero-order chi connectivity index (χ0) is 11.1. The molecule has 2 heteroatoms. The van der Waals surface area contributed by atoms with Crippen molar-refractivity contribution >= 4 is 10.9 Å². The second kappa shape index (κ2) is 3.30. The van der Waals surface area contributed by atoms with Crippen LogP contribution in [0.4, 0.5) is 4.39 Å². The third kappa shape index (κ3) is 1.84.